The van der Waals surface area contributed by atoms with E-state index < -0.39 is 0 Å². The summed E-state index contributed by atoms with van der Waals surface area (Å²) in [4.78, 5) is 14.1. The highest BCUT2D eigenvalue weighted by atomic mass is 16.2. The van der Waals surface area contributed by atoms with Crippen LogP contribution in [0.2, 0.25) is 0 Å². The molecule has 3 nitrogen and oxygen atoms in total. The van der Waals surface area contributed by atoms with Crippen molar-refractivity contribution in [3.63, 3.8) is 0 Å². The fourth-order valence-corrected chi connectivity index (χ4v) is 2.84. The van der Waals surface area contributed by atoms with Crippen molar-refractivity contribution in [1.29, 1.82) is 0 Å². The number of carbonyl (C=O) groups is 1. The lowest BCUT2D eigenvalue weighted by atomic mass is 9.86. The Hall–Kier alpha value is -0.570. The summed E-state index contributed by atoms with van der Waals surface area (Å²) in [6, 6.07) is 0.504. The van der Waals surface area contributed by atoms with E-state index in [1.807, 2.05) is 11.9 Å². The molecule has 2 unspecified atom stereocenters. The van der Waals surface area contributed by atoms with Crippen LogP contribution in [0.15, 0.2) is 0 Å². The van der Waals surface area contributed by atoms with Crippen LogP contribution in [-0.2, 0) is 4.79 Å². The highest BCUT2D eigenvalue weighted by molar-refractivity contribution is 5.76. The normalized spacial score (nSPS) is 30.9. The number of amides is 1. The van der Waals surface area contributed by atoms with Crippen molar-refractivity contribution in [3.8, 4) is 0 Å². The van der Waals surface area contributed by atoms with Crippen molar-refractivity contribution in [2.24, 2.45) is 11.8 Å². The second-order valence-corrected chi connectivity index (χ2v) is 5.66. The van der Waals surface area contributed by atoms with Crippen LogP contribution in [0.25, 0.3) is 0 Å². The number of nitrogens with one attached hydrogen (secondary N) is 1. The van der Waals surface area contributed by atoms with Gasteiger partial charge in [-0.2, -0.15) is 0 Å². The summed E-state index contributed by atoms with van der Waals surface area (Å²) in [7, 11) is 2.00. The molecule has 92 valence electrons. The monoisotopic (exact) mass is 224 g/mol. The van der Waals surface area contributed by atoms with Gasteiger partial charge in [-0.3, -0.25) is 4.79 Å². The molecule has 0 aromatic heterocycles. The molecule has 0 radical (unpaired) electrons. The number of rotatable bonds is 3. The molecule has 2 aliphatic rings. The summed E-state index contributed by atoms with van der Waals surface area (Å²) in [5, 5.41) is 3.22. The van der Waals surface area contributed by atoms with Crippen LogP contribution in [0.4, 0.5) is 0 Å². The molecule has 2 atom stereocenters. The number of nitrogens with zero attached hydrogens (tertiary/aromatic N) is 1. The molecule has 2 rings (SSSR count). The van der Waals surface area contributed by atoms with E-state index in [-0.39, 0.29) is 0 Å². The Morgan fingerprint density at radius 2 is 2.12 bits per heavy atom. The molecule has 1 saturated heterocycles. The first-order valence-electron chi connectivity index (χ1n) is 6.63. The van der Waals surface area contributed by atoms with Crippen LogP contribution in [0.5, 0.6) is 0 Å². The zero-order valence-corrected chi connectivity index (χ0v) is 10.5. The van der Waals surface area contributed by atoms with E-state index in [1.54, 1.807) is 0 Å². The van der Waals surface area contributed by atoms with Gasteiger partial charge >= 0.3 is 0 Å². The van der Waals surface area contributed by atoms with Crippen LogP contribution < -0.4 is 5.32 Å². The van der Waals surface area contributed by atoms with E-state index >= 15 is 0 Å². The lowest BCUT2D eigenvalue weighted by Gasteiger charge is -2.36. The van der Waals surface area contributed by atoms with Crippen LogP contribution in [0.3, 0.4) is 0 Å². The minimum absolute atomic E-state index is 0.352. The Kier molecular flexibility index (Phi) is 3.85. The van der Waals surface area contributed by atoms with E-state index in [0.29, 0.717) is 17.9 Å². The molecule has 0 aromatic rings. The van der Waals surface area contributed by atoms with E-state index in [2.05, 4.69) is 12.2 Å². The Morgan fingerprint density at radius 1 is 1.38 bits per heavy atom. The quantitative estimate of drug-likeness (QED) is 0.790. The lowest BCUT2D eigenvalue weighted by molar-refractivity contribution is -0.134. The first-order valence-corrected chi connectivity index (χ1v) is 6.63. The molecule has 1 N–H and O–H groups in total. The predicted octanol–water partition coefficient (Wildman–Crippen LogP) is 1.63. The van der Waals surface area contributed by atoms with Gasteiger partial charge in [-0.15, -0.1) is 0 Å². The molecule has 16 heavy (non-hydrogen) atoms. The predicted molar refractivity (Wildman–Crippen MR) is 65.2 cm³/mol. The van der Waals surface area contributed by atoms with Crippen LogP contribution >= 0.6 is 0 Å². The molecule has 1 aliphatic carbocycles. The van der Waals surface area contributed by atoms with Crippen LogP contribution in [0.1, 0.15) is 39.0 Å². The van der Waals surface area contributed by atoms with Gasteiger partial charge in [-0.25, -0.2) is 0 Å². The van der Waals surface area contributed by atoms with Crippen molar-refractivity contribution in [1.82, 2.24) is 10.2 Å². The number of carbonyl (C=O) groups excluding carboxylic acids is 1. The molecule has 1 aliphatic heterocycles. The molecular formula is C13H24N2O. The standard InChI is InChI=1S/C13H24N2O/c1-10-4-3-5-12(6-10)15(2)13(16)7-11-8-14-9-11/h10-12,14H,3-9H2,1-2H3. The summed E-state index contributed by atoms with van der Waals surface area (Å²) < 4.78 is 0. The maximum atomic E-state index is 12.1. The van der Waals surface area contributed by atoms with Gasteiger partial charge in [0.2, 0.25) is 5.91 Å². The fourth-order valence-electron chi connectivity index (χ4n) is 2.84. The van der Waals surface area contributed by atoms with Gasteiger partial charge in [0.25, 0.3) is 0 Å². The van der Waals surface area contributed by atoms with E-state index in [1.165, 1.54) is 25.7 Å². The van der Waals surface area contributed by atoms with Crippen molar-refractivity contribution in [2.75, 3.05) is 20.1 Å². The third kappa shape index (κ3) is 2.76. The van der Waals surface area contributed by atoms with E-state index in [0.717, 1.165) is 25.4 Å². The van der Waals surface area contributed by atoms with Crippen molar-refractivity contribution in [2.45, 2.75) is 45.1 Å². The Labute approximate surface area is 98.6 Å². The Bertz CT molecular complexity index is 250. The smallest absolute Gasteiger partial charge is 0.222 e. The molecule has 1 amide bonds. The topological polar surface area (TPSA) is 32.3 Å². The number of hydrogen-bond acceptors (Lipinski definition) is 2. The zero-order chi connectivity index (χ0) is 11.5. The summed E-state index contributed by atoms with van der Waals surface area (Å²) in [5.74, 6) is 1.74. The second kappa shape index (κ2) is 5.17. The molecule has 2 fully saturated rings. The number of hydrogen-bond donors (Lipinski definition) is 1. The maximum absolute atomic E-state index is 12.1. The highest BCUT2D eigenvalue weighted by Crippen LogP contribution is 2.27. The lowest BCUT2D eigenvalue weighted by Crippen LogP contribution is -2.47. The SMILES string of the molecule is CC1CCCC(N(C)C(=O)CC2CNC2)C1. The fraction of sp³-hybridized carbons (Fsp3) is 0.923. The van der Waals surface area contributed by atoms with Crippen molar-refractivity contribution >= 4 is 5.91 Å². The third-order valence-electron chi connectivity index (χ3n) is 4.18. The molecule has 0 spiro atoms. The van der Waals surface area contributed by atoms with E-state index in [9.17, 15) is 4.79 Å². The zero-order valence-electron chi connectivity index (χ0n) is 10.5. The van der Waals surface area contributed by atoms with Gasteiger partial charge in [-0.1, -0.05) is 19.8 Å². The minimum atomic E-state index is 0.352. The van der Waals surface area contributed by atoms with Gasteiger partial charge in [0.15, 0.2) is 0 Å². The molecule has 1 heterocycles. The van der Waals surface area contributed by atoms with E-state index in [4.69, 9.17) is 0 Å². The van der Waals surface area contributed by atoms with Crippen molar-refractivity contribution in [3.05, 3.63) is 0 Å². The largest absolute Gasteiger partial charge is 0.343 e. The molecule has 1 saturated carbocycles. The summed E-state index contributed by atoms with van der Waals surface area (Å²) in [6.07, 6.45) is 5.77. The van der Waals surface area contributed by atoms with Crippen LogP contribution in [-0.4, -0.2) is 37.0 Å². The average molecular weight is 224 g/mol. The maximum Gasteiger partial charge on any atom is 0.222 e. The highest BCUT2D eigenvalue weighted by Gasteiger charge is 2.28. The molecular weight excluding hydrogens is 200 g/mol. The molecule has 3 heteroatoms. The van der Waals surface area contributed by atoms with Gasteiger partial charge in [0.1, 0.15) is 0 Å². The average Bonchev–Trinajstić information content (AvgIpc) is 2.22. The Balaban J connectivity index is 1.80. The Morgan fingerprint density at radius 3 is 2.69 bits per heavy atom. The van der Waals surface area contributed by atoms with Crippen LogP contribution in [0, 0.1) is 11.8 Å². The molecule has 0 aromatic carbocycles. The third-order valence-corrected chi connectivity index (χ3v) is 4.18. The summed E-state index contributed by atoms with van der Waals surface area (Å²) in [6.45, 7) is 4.36. The van der Waals surface area contributed by atoms with Gasteiger partial charge in [0.05, 0.1) is 0 Å². The summed E-state index contributed by atoms with van der Waals surface area (Å²) in [5.41, 5.74) is 0. The van der Waals surface area contributed by atoms with Crippen molar-refractivity contribution < 1.29 is 4.79 Å². The molecule has 0 bridgehead atoms. The first kappa shape index (κ1) is 11.9. The minimum Gasteiger partial charge on any atom is -0.343 e. The van der Waals surface area contributed by atoms with Gasteiger partial charge in [0, 0.05) is 19.5 Å². The second-order valence-electron chi connectivity index (χ2n) is 5.66. The first-order chi connectivity index (χ1) is 7.66. The summed E-state index contributed by atoms with van der Waals surface area (Å²) >= 11 is 0. The van der Waals surface area contributed by atoms with Gasteiger partial charge < -0.3 is 10.2 Å². The van der Waals surface area contributed by atoms with Gasteiger partial charge in [-0.05, 0) is 37.8 Å².